The predicted octanol–water partition coefficient (Wildman–Crippen LogP) is 4.06. The van der Waals surface area contributed by atoms with Crippen molar-refractivity contribution >= 4 is 5.97 Å². The number of benzene rings is 1. The lowest BCUT2D eigenvalue weighted by atomic mass is 10.00. The van der Waals surface area contributed by atoms with E-state index in [1.54, 1.807) is 0 Å². The predicted molar refractivity (Wildman–Crippen MR) is 104 cm³/mol. The van der Waals surface area contributed by atoms with Gasteiger partial charge in [0.05, 0.1) is 5.92 Å². The zero-order chi connectivity index (χ0) is 20.4. The Hall–Kier alpha value is -2.18. The van der Waals surface area contributed by atoms with Crippen LogP contribution >= 0.6 is 0 Å². The van der Waals surface area contributed by atoms with E-state index < -0.39 is 30.1 Å². The molecule has 2 rings (SSSR count). The summed E-state index contributed by atoms with van der Waals surface area (Å²) in [5.74, 6) is -3.79. The molecule has 1 aromatic rings. The Morgan fingerprint density at radius 3 is 2.71 bits per heavy atom. The lowest BCUT2D eigenvalue weighted by Gasteiger charge is -2.19. The first-order valence-electron chi connectivity index (χ1n) is 9.76. The van der Waals surface area contributed by atoms with Crippen molar-refractivity contribution in [2.24, 2.45) is 11.8 Å². The minimum Gasteiger partial charge on any atom is -0.487 e. The van der Waals surface area contributed by atoms with E-state index in [-0.39, 0.29) is 5.75 Å². The molecule has 0 radical (unpaired) electrons. The Morgan fingerprint density at radius 1 is 1.29 bits per heavy atom. The van der Waals surface area contributed by atoms with Gasteiger partial charge >= 0.3 is 5.97 Å². The third kappa shape index (κ3) is 8.23. The van der Waals surface area contributed by atoms with Gasteiger partial charge in [-0.2, -0.15) is 0 Å². The Balaban J connectivity index is 1.79. The fourth-order valence-electron chi connectivity index (χ4n) is 3.30. The highest BCUT2D eigenvalue weighted by molar-refractivity contribution is 5.72. The molecule has 1 fully saturated rings. The molecule has 3 N–H and O–H groups in total. The van der Waals surface area contributed by atoms with Crippen LogP contribution < -0.4 is 4.74 Å². The maximum Gasteiger partial charge on any atom is 0.310 e. The fraction of sp³-hybridized carbons (Fsp3) is 0.500. The van der Waals surface area contributed by atoms with Crippen molar-refractivity contribution in [3.63, 3.8) is 0 Å². The van der Waals surface area contributed by atoms with E-state index >= 15 is 0 Å². The van der Waals surface area contributed by atoms with Gasteiger partial charge in [0.1, 0.15) is 18.2 Å². The minimum absolute atomic E-state index is 0.156. The van der Waals surface area contributed by atoms with Crippen LogP contribution in [0.5, 0.6) is 5.75 Å². The van der Waals surface area contributed by atoms with Gasteiger partial charge in [0, 0.05) is 6.07 Å². The van der Waals surface area contributed by atoms with Crippen LogP contribution in [0.1, 0.15) is 44.9 Å². The first-order valence-corrected chi connectivity index (χ1v) is 9.76. The molecule has 1 aromatic carbocycles. The SMILES string of the molecule is O=C(O)C(/C=C/C(O)(O)COc1cccc(F)c1)CC/C=C/CC1CCCC1. The number of allylic oxidation sites excluding steroid dienone is 2. The molecule has 28 heavy (non-hydrogen) atoms. The number of halogens is 1. The van der Waals surface area contributed by atoms with Crippen LogP contribution in [0.4, 0.5) is 4.39 Å². The summed E-state index contributed by atoms with van der Waals surface area (Å²) in [5, 5.41) is 29.2. The lowest BCUT2D eigenvalue weighted by molar-refractivity contribution is -0.142. The number of aliphatic carboxylic acids is 1. The van der Waals surface area contributed by atoms with E-state index in [2.05, 4.69) is 6.08 Å². The molecular weight excluding hydrogens is 363 g/mol. The van der Waals surface area contributed by atoms with E-state index in [1.165, 1.54) is 50.0 Å². The molecule has 0 bridgehead atoms. The van der Waals surface area contributed by atoms with Gasteiger partial charge in [-0.15, -0.1) is 0 Å². The largest absolute Gasteiger partial charge is 0.487 e. The van der Waals surface area contributed by atoms with E-state index in [4.69, 9.17) is 4.74 Å². The normalized spacial score (nSPS) is 16.8. The second-order valence-corrected chi connectivity index (χ2v) is 7.36. The highest BCUT2D eigenvalue weighted by Crippen LogP contribution is 2.27. The molecule has 1 saturated carbocycles. The maximum atomic E-state index is 13.1. The van der Waals surface area contributed by atoms with Crippen LogP contribution in [0.2, 0.25) is 0 Å². The van der Waals surface area contributed by atoms with Crippen molar-refractivity contribution in [1.29, 1.82) is 0 Å². The van der Waals surface area contributed by atoms with Crippen LogP contribution in [0, 0.1) is 17.7 Å². The van der Waals surface area contributed by atoms with Crippen LogP contribution in [0.3, 0.4) is 0 Å². The van der Waals surface area contributed by atoms with Crippen molar-refractivity contribution in [3.05, 3.63) is 54.4 Å². The van der Waals surface area contributed by atoms with Crippen LogP contribution in [-0.2, 0) is 4.79 Å². The molecule has 1 unspecified atom stereocenters. The van der Waals surface area contributed by atoms with Gasteiger partial charge < -0.3 is 20.1 Å². The number of carboxylic acids is 1. The zero-order valence-electron chi connectivity index (χ0n) is 16.0. The summed E-state index contributed by atoms with van der Waals surface area (Å²) in [5.41, 5.74) is 0. The van der Waals surface area contributed by atoms with Crippen molar-refractivity contribution in [2.45, 2.75) is 50.7 Å². The van der Waals surface area contributed by atoms with Crippen LogP contribution in [0.25, 0.3) is 0 Å². The number of aliphatic hydroxyl groups is 2. The summed E-state index contributed by atoms with van der Waals surface area (Å²) in [6.07, 6.45) is 13.6. The second-order valence-electron chi connectivity index (χ2n) is 7.36. The molecule has 1 aliphatic rings. The van der Waals surface area contributed by atoms with Crippen molar-refractivity contribution in [1.82, 2.24) is 0 Å². The van der Waals surface area contributed by atoms with Gasteiger partial charge in [-0.3, -0.25) is 4.79 Å². The maximum absolute atomic E-state index is 13.1. The summed E-state index contributed by atoms with van der Waals surface area (Å²) in [4.78, 5) is 11.4. The van der Waals surface area contributed by atoms with Crippen molar-refractivity contribution < 1.29 is 29.2 Å². The van der Waals surface area contributed by atoms with E-state index in [9.17, 15) is 24.5 Å². The molecule has 0 spiro atoms. The van der Waals surface area contributed by atoms with Gasteiger partial charge in [0.15, 0.2) is 0 Å². The zero-order valence-corrected chi connectivity index (χ0v) is 16.0. The molecule has 0 amide bonds. The summed E-state index contributed by atoms with van der Waals surface area (Å²) in [7, 11) is 0. The average Bonchev–Trinajstić information content (AvgIpc) is 3.15. The van der Waals surface area contributed by atoms with Crippen molar-refractivity contribution in [2.75, 3.05) is 6.61 Å². The quantitative estimate of drug-likeness (QED) is 0.390. The van der Waals surface area contributed by atoms with Gasteiger partial charge in [-0.25, -0.2) is 4.39 Å². The Kier molecular flexibility index (Phi) is 8.67. The van der Waals surface area contributed by atoms with Crippen molar-refractivity contribution in [3.8, 4) is 5.75 Å². The highest BCUT2D eigenvalue weighted by atomic mass is 19.1. The smallest absolute Gasteiger partial charge is 0.310 e. The molecular formula is C22H29FO5. The Bertz CT molecular complexity index is 677. The molecule has 0 saturated heterocycles. The minimum atomic E-state index is -2.35. The van der Waals surface area contributed by atoms with Gasteiger partial charge in [0.25, 0.3) is 0 Å². The van der Waals surface area contributed by atoms with E-state index in [1.807, 2.05) is 6.08 Å². The standard InChI is InChI=1S/C22H29FO5/c23-19-11-6-12-20(15-19)28-16-22(26,27)14-13-18(21(24)25)10-3-1-2-7-17-8-4-5-9-17/h1-2,6,11-15,17-18,26-27H,3-5,7-10,16H2,(H,24,25)/b2-1+,14-13+. The number of carbonyl (C=O) groups is 1. The molecule has 154 valence electrons. The highest BCUT2D eigenvalue weighted by Gasteiger charge is 2.22. The molecule has 6 heteroatoms. The number of carboxylic acid groups (broad SMARTS) is 1. The first-order chi connectivity index (χ1) is 13.4. The molecule has 5 nitrogen and oxygen atoms in total. The average molecular weight is 392 g/mol. The molecule has 0 aliphatic heterocycles. The third-order valence-corrected chi connectivity index (χ3v) is 4.92. The molecule has 0 heterocycles. The molecule has 0 aromatic heterocycles. The Labute approximate surface area is 165 Å². The van der Waals surface area contributed by atoms with Gasteiger partial charge in [-0.1, -0.05) is 50.0 Å². The van der Waals surface area contributed by atoms with E-state index in [0.717, 1.165) is 24.5 Å². The first kappa shape index (κ1) is 22.1. The molecule has 1 atom stereocenters. The number of ether oxygens (including phenoxy) is 1. The number of hydrogen-bond acceptors (Lipinski definition) is 4. The lowest BCUT2D eigenvalue weighted by Crippen LogP contribution is -2.33. The second kappa shape index (κ2) is 11.0. The molecule has 1 aliphatic carbocycles. The Morgan fingerprint density at radius 2 is 2.04 bits per heavy atom. The summed E-state index contributed by atoms with van der Waals surface area (Å²) >= 11 is 0. The monoisotopic (exact) mass is 392 g/mol. The van der Waals surface area contributed by atoms with Crippen LogP contribution in [0.15, 0.2) is 48.6 Å². The summed E-state index contributed by atoms with van der Waals surface area (Å²) < 4.78 is 18.3. The van der Waals surface area contributed by atoms with Crippen LogP contribution in [-0.4, -0.2) is 33.7 Å². The summed E-state index contributed by atoms with van der Waals surface area (Å²) in [6.45, 7) is -0.541. The van der Waals surface area contributed by atoms with E-state index in [0.29, 0.717) is 12.8 Å². The van der Waals surface area contributed by atoms with Gasteiger partial charge in [-0.05, 0) is 43.4 Å². The third-order valence-electron chi connectivity index (χ3n) is 4.92. The van der Waals surface area contributed by atoms with Gasteiger partial charge in [0.2, 0.25) is 5.79 Å². The fourth-order valence-corrected chi connectivity index (χ4v) is 3.30. The number of hydrogen-bond donors (Lipinski definition) is 3. The number of rotatable bonds is 11. The summed E-state index contributed by atoms with van der Waals surface area (Å²) in [6, 6.07) is 5.30. The topological polar surface area (TPSA) is 87.0 Å².